The summed E-state index contributed by atoms with van der Waals surface area (Å²) in [4.78, 5) is 12.6. The number of unbranched alkanes of at least 4 members (excludes halogenated alkanes) is 1. The first-order valence-electron chi connectivity index (χ1n) is 9.36. The fourth-order valence-corrected chi connectivity index (χ4v) is 3.81. The van der Waals surface area contributed by atoms with Crippen LogP contribution in [0.3, 0.4) is 0 Å². The second-order valence-corrected chi connectivity index (χ2v) is 8.51. The second-order valence-electron chi connectivity index (χ2n) is 6.80. The van der Waals surface area contributed by atoms with Crippen molar-refractivity contribution in [2.75, 3.05) is 7.11 Å². The number of hydrogen-bond acceptors (Lipinski definition) is 8. The molecule has 2 aromatic rings. The molecule has 0 unspecified atom stereocenters. The molecule has 1 aromatic heterocycles. The summed E-state index contributed by atoms with van der Waals surface area (Å²) in [5, 5.41) is 11.3. The van der Waals surface area contributed by atoms with Crippen LogP contribution in [0.2, 0.25) is 0 Å². The van der Waals surface area contributed by atoms with Crippen molar-refractivity contribution in [3.05, 3.63) is 30.1 Å². The molecule has 0 saturated heterocycles. The number of ether oxygens (including phenoxy) is 2. The minimum Gasteiger partial charge on any atom is -0.497 e. The number of benzene rings is 1. The number of aromatic nitrogens is 4. The molecule has 0 amide bonds. The predicted octanol–water partition coefficient (Wildman–Crippen LogP) is 1.53. The van der Waals surface area contributed by atoms with E-state index in [0.29, 0.717) is 18.1 Å². The highest BCUT2D eigenvalue weighted by molar-refractivity contribution is 7.89. The predicted molar refractivity (Wildman–Crippen MR) is 104 cm³/mol. The number of rotatable bonds is 11. The third-order valence-electron chi connectivity index (χ3n) is 4.25. The maximum atomic E-state index is 12.7. The zero-order valence-electron chi connectivity index (χ0n) is 17.0. The first-order valence-corrected chi connectivity index (χ1v) is 10.8. The van der Waals surface area contributed by atoms with E-state index in [1.54, 1.807) is 18.5 Å². The molecule has 0 fully saturated rings. The van der Waals surface area contributed by atoms with Gasteiger partial charge in [0.25, 0.3) is 0 Å². The quantitative estimate of drug-likeness (QED) is 0.537. The lowest BCUT2D eigenvalue weighted by Gasteiger charge is -2.20. The lowest BCUT2D eigenvalue weighted by Crippen LogP contribution is -2.45. The first-order chi connectivity index (χ1) is 13.8. The van der Waals surface area contributed by atoms with E-state index in [2.05, 4.69) is 20.2 Å². The normalized spacial score (nSPS) is 12.7. The molecular formula is C18H27N5O5S. The molecule has 0 radical (unpaired) electrons. The molecule has 160 valence electrons. The van der Waals surface area contributed by atoms with Crippen molar-refractivity contribution in [3.8, 4) is 5.75 Å². The van der Waals surface area contributed by atoms with Crippen molar-refractivity contribution in [1.82, 2.24) is 24.9 Å². The Bertz CT molecular complexity index is 896. The molecule has 2 rings (SSSR count). The number of carbonyl (C=O) groups is 1. The Morgan fingerprint density at radius 1 is 1.24 bits per heavy atom. The molecule has 1 heterocycles. The average molecular weight is 426 g/mol. The van der Waals surface area contributed by atoms with Crippen molar-refractivity contribution in [2.45, 2.75) is 57.7 Å². The highest BCUT2D eigenvalue weighted by Crippen LogP contribution is 2.17. The molecule has 11 heteroatoms. The molecule has 0 aliphatic carbocycles. The van der Waals surface area contributed by atoms with Gasteiger partial charge in [0, 0.05) is 6.54 Å². The van der Waals surface area contributed by atoms with E-state index in [1.165, 1.54) is 31.4 Å². The van der Waals surface area contributed by atoms with Gasteiger partial charge in [-0.3, -0.25) is 4.79 Å². The van der Waals surface area contributed by atoms with E-state index in [4.69, 9.17) is 9.47 Å². The van der Waals surface area contributed by atoms with E-state index in [1.807, 2.05) is 6.92 Å². The van der Waals surface area contributed by atoms with Crippen LogP contribution < -0.4 is 9.46 Å². The molecule has 1 N–H and O–H groups in total. The van der Waals surface area contributed by atoms with E-state index in [-0.39, 0.29) is 17.4 Å². The van der Waals surface area contributed by atoms with Gasteiger partial charge in [0.2, 0.25) is 10.0 Å². The number of hydrogen-bond donors (Lipinski definition) is 1. The number of esters is 1. The summed E-state index contributed by atoms with van der Waals surface area (Å²) < 4.78 is 39.6. The number of tetrazole rings is 1. The summed E-state index contributed by atoms with van der Waals surface area (Å²) in [6, 6.07) is 4.83. The first kappa shape index (κ1) is 22.8. The minimum atomic E-state index is -3.92. The number of sulfonamides is 1. The van der Waals surface area contributed by atoms with Crippen molar-refractivity contribution in [2.24, 2.45) is 5.92 Å². The summed E-state index contributed by atoms with van der Waals surface area (Å²) >= 11 is 0. The highest BCUT2D eigenvalue weighted by atomic mass is 32.2. The molecule has 1 aromatic carbocycles. The molecule has 0 saturated carbocycles. The topological polar surface area (TPSA) is 125 Å². The van der Waals surface area contributed by atoms with Gasteiger partial charge < -0.3 is 9.47 Å². The fourth-order valence-electron chi connectivity index (χ4n) is 2.48. The van der Waals surface area contributed by atoms with E-state index in [9.17, 15) is 13.2 Å². The van der Waals surface area contributed by atoms with Crippen LogP contribution in [0.4, 0.5) is 0 Å². The summed E-state index contributed by atoms with van der Waals surface area (Å²) in [5.74, 6) is -0.0781. The lowest BCUT2D eigenvalue weighted by atomic mass is 10.1. The van der Waals surface area contributed by atoms with Gasteiger partial charge in [-0.2, -0.15) is 4.72 Å². The van der Waals surface area contributed by atoms with Gasteiger partial charge in [-0.15, -0.1) is 5.10 Å². The zero-order valence-corrected chi connectivity index (χ0v) is 17.8. The van der Waals surface area contributed by atoms with Crippen LogP contribution in [0.25, 0.3) is 0 Å². The van der Waals surface area contributed by atoms with Gasteiger partial charge in [0.15, 0.2) is 12.4 Å². The van der Waals surface area contributed by atoms with E-state index >= 15 is 0 Å². The van der Waals surface area contributed by atoms with Gasteiger partial charge in [0.1, 0.15) is 11.8 Å². The monoisotopic (exact) mass is 425 g/mol. The summed E-state index contributed by atoms with van der Waals surface area (Å²) in [7, 11) is -2.43. The van der Waals surface area contributed by atoms with E-state index in [0.717, 1.165) is 12.8 Å². The minimum absolute atomic E-state index is 0.0280. The van der Waals surface area contributed by atoms with Crippen LogP contribution in [0, 0.1) is 5.92 Å². The summed E-state index contributed by atoms with van der Waals surface area (Å²) in [5.41, 5.74) is 0. The van der Waals surface area contributed by atoms with Crippen LogP contribution in [-0.4, -0.2) is 47.7 Å². The number of aryl methyl sites for hydroxylation is 1. The number of nitrogens with one attached hydrogen (secondary N) is 1. The standard InChI is InChI=1S/C18H27N5O5S/c1-5-6-11-23-16(19-21-22-23)12-28-18(24)17(13(2)3)20-29(25,26)15-9-7-14(27-4)8-10-15/h7-10,13,17,20H,5-6,11-12H2,1-4H3/t17-/m0/s1. The Hall–Kier alpha value is -2.53. The Morgan fingerprint density at radius 3 is 2.52 bits per heavy atom. The average Bonchev–Trinajstić information content (AvgIpc) is 3.15. The van der Waals surface area contributed by atoms with Gasteiger partial charge in [0.05, 0.1) is 12.0 Å². The molecule has 0 bridgehead atoms. The fraction of sp³-hybridized carbons (Fsp3) is 0.556. The smallest absolute Gasteiger partial charge is 0.324 e. The van der Waals surface area contributed by atoms with Crippen molar-refractivity contribution >= 4 is 16.0 Å². The van der Waals surface area contributed by atoms with Crippen molar-refractivity contribution < 1.29 is 22.7 Å². The van der Waals surface area contributed by atoms with Crippen molar-refractivity contribution in [3.63, 3.8) is 0 Å². The van der Waals surface area contributed by atoms with Gasteiger partial charge in [-0.05, 0) is 47.0 Å². The third kappa shape index (κ3) is 6.23. The number of carbonyl (C=O) groups excluding carboxylic acids is 1. The second kappa shape index (κ2) is 10.3. The zero-order chi connectivity index (χ0) is 21.4. The Morgan fingerprint density at radius 2 is 1.93 bits per heavy atom. The Balaban J connectivity index is 2.06. The molecule has 0 aliphatic rings. The van der Waals surface area contributed by atoms with Crippen molar-refractivity contribution in [1.29, 1.82) is 0 Å². The SMILES string of the molecule is CCCCn1nnnc1COC(=O)[C@@H](NS(=O)(=O)c1ccc(OC)cc1)C(C)C. The maximum Gasteiger partial charge on any atom is 0.324 e. The highest BCUT2D eigenvalue weighted by Gasteiger charge is 2.30. The lowest BCUT2D eigenvalue weighted by molar-refractivity contribution is -0.148. The molecular weight excluding hydrogens is 398 g/mol. The van der Waals surface area contributed by atoms with Gasteiger partial charge in [-0.25, -0.2) is 13.1 Å². The summed E-state index contributed by atoms with van der Waals surface area (Å²) in [6.45, 7) is 5.99. The van der Waals surface area contributed by atoms with Gasteiger partial charge >= 0.3 is 5.97 Å². The molecule has 1 atom stereocenters. The summed E-state index contributed by atoms with van der Waals surface area (Å²) in [6.07, 6.45) is 1.86. The van der Waals surface area contributed by atoms with Crippen LogP contribution in [0.1, 0.15) is 39.4 Å². The molecule has 10 nitrogen and oxygen atoms in total. The maximum absolute atomic E-state index is 12.7. The van der Waals surface area contributed by atoms with Gasteiger partial charge in [-0.1, -0.05) is 27.2 Å². The van der Waals surface area contributed by atoms with Crippen LogP contribution in [-0.2, 0) is 32.7 Å². The van der Waals surface area contributed by atoms with Crippen LogP contribution in [0.15, 0.2) is 29.2 Å². The Kier molecular flexibility index (Phi) is 8.09. The molecule has 29 heavy (non-hydrogen) atoms. The number of nitrogens with zero attached hydrogens (tertiary/aromatic N) is 4. The third-order valence-corrected chi connectivity index (χ3v) is 5.70. The Labute approximate surface area is 170 Å². The number of methoxy groups -OCH3 is 1. The molecule has 0 spiro atoms. The van der Waals surface area contributed by atoms with E-state index < -0.39 is 22.0 Å². The van der Waals surface area contributed by atoms with Crippen LogP contribution in [0.5, 0.6) is 5.75 Å². The molecule has 0 aliphatic heterocycles. The largest absolute Gasteiger partial charge is 0.497 e. The van der Waals surface area contributed by atoms with Crippen LogP contribution >= 0.6 is 0 Å².